The van der Waals surface area contributed by atoms with Crippen molar-refractivity contribution in [1.29, 1.82) is 0 Å². The Hall–Kier alpha value is -0.870. The molecule has 3 nitrogen and oxygen atoms in total. The average Bonchev–Trinajstić information content (AvgIpc) is 2.86. The summed E-state index contributed by atoms with van der Waals surface area (Å²) in [6.07, 6.45) is 5.32. The number of aliphatic carboxylic acids is 1. The summed E-state index contributed by atoms with van der Waals surface area (Å²) < 4.78 is 0. The summed E-state index contributed by atoms with van der Waals surface area (Å²) in [6, 6.07) is 3.19. The fraction of sp³-hybridized carbons (Fsp3) is 0.667. The number of fused-ring (bicyclic) bond motifs is 1. The van der Waals surface area contributed by atoms with E-state index in [1.54, 1.807) is 4.88 Å². The first-order chi connectivity index (χ1) is 9.16. The number of nitrogens with zero attached hydrogens (tertiary/aromatic N) is 1. The molecule has 1 aliphatic carbocycles. The van der Waals surface area contributed by atoms with Crippen LogP contribution in [0.1, 0.15) is 49.1 Å². The van der Waals surface area contributed by atoms with Gasteiger partial charge < -0.3 is 5.11 Å². The third-order valence-corrected chi connectivity index (χ3v) is 5.69. The van der Waals surface area contributed by atoms with Crippen molar-refractivity contribution < 1.29 is 9.90 Å². The summed E-state index contributed by atoms with van der Waals surface area (Å²) >= 11 is 1.88. The smallest absolute Gasteiger partial charge is 0.306 e. The van der Waals surface area contributed by atoms with Crippen LogP contribution in [0.15, 0.2) is 11.4 Å². The molecule has 1 N–H and O–H groups in total. The summed E-state index contributed by atoms with van der Waals surface area (Å²) in [4.78, 5) is 15.2. The van der Waals surface area contributed by atoms with Crippen LogP contribution in [0, 0.1) is 5.92 Å². The number of thiophene rings is 1. The monoisotopic (exact) mass is 279 g/mol. The summed E-state index contributed by atoms with van der Waals surface area (Å²) in [5.74, 6) is -0.761. The fourth-order valence-corrected chi connectivity index (χ4v) is 4.67. The third-order valence-electron chi connectivity index (χ3n) is 4.70. The first-order valence-electron chi connectivity index (χ1n) is 7.21. The Kier molecular flexibility index (Phi) is 3.63. The Balaban J connectivity index is 1.76. The molecule has 1 aromatic rings. The minimum atomic E-state index is -0.619. The molecule has 2 heterocycles. The third kappa shape index (κ3) is 2.43. The molecule has 1 fully saturated rings. The highest BCUT2D eigenvalue weighted by molar-refractivity contribution is 7.10. The SMILES string of the molecule is CC1CC(C(=O)O)CCN1C1CCCc2sccc21. The maximum absolute atomic E-state index is 11.1. The molecule has 3 unspecified atom stereocenters. The van der Waals surface area contributed by atoms with Gasteiger partial charge in [0.25, 0.3) is 0 Å². The zero-order valence-corrected chi connectivity index (χ0v) is 12.2. The van der Waals surface area contributed by atoms with Crippen molar-refractivity contribution in [2.75, 3.05) is 6.54 Å². The van der Waals surface area contributed by atoms with Gasteiger partial charge in [-0.3, -0.25) is 9.69 Å². The van der Waals surface area contributed by atoms with Gasteiger partial charge in [-0.25, -0.2) is 0 Å². The van der Waals surface area contributed by atoms with Crippen LogP contribution in [-0.2, 0) is 11.2 Å². The highest BCUT2D eigenvalue weighted by Gasteiger charge is 2.35. The zero-order chi connectivity index (χ0) is 13.4. The van der Waals surface area contributed by atoms with Crippen molar-refractivity contribution in [3.05, 3.63) is 21.9 Å². The summed E-state index contributed by atoms with van der Waals surface area (Å²) in [7, 11) is 0. The zero-order valence-electron chi connectivity index (χ0n) is 11.3. The normalized spacial score (nSPS) is 31.9. The molecule has 0 spiro atoms. The number of hydrogen-bond donors (Lipinski definition) is 1. The van der Waals surface area contributed by atoms with Crippen molar-refractivity contribution >= 4 is 17.3 Å². The van der Waals surface area contributed by atoms with Gasteiger partial charge in [-0.1, -0.05) is 0 Å². The van der Waals surface area contributed by atoms with Crippen molar-refractivity contribution in [2.45, 2.75) is 51.1 Å². The molecule has 0 aromatic carbocycles. The largest absolute Gasteiger partial charge is 0.481 e. The first-order valence-corrected chi connectivity index (χ1v) is 8.09. The van der Waals surface area contributed by atoms with Gasteiger partial charge in [0.15, 0.2) is 0 Å². The molecule has 1 saturated heterocycles. The molecule has 104 valence electrons. The highest BCUT2D eigenvalue weighted by atomic mass is 32.1. The highest BCUT2D eigenvalue weighted by Crippen LogP contribution is 2.40. The van der Waals surface area contributed by atoms with Crippen LogP contribution in [0.25, 0.3) is 0 Å². The number of carboxylic acid groups (broad SMARTS) is 1. The Morgan fingerprint density at radius 2 is 2.32 bits per heavy atom. The molecular formula is C15H21NO2S. The average molecular weight is 279 g/mol. The first kappa shape index (κ1) is 13.1. The molecule has 1 aromatic heterocycles. The number of carboxylic acids is 1. The van der Waals surface area contributed by atoms with Gasteiger partial charge in [0.1, 0.15) is 0 Å². The number of aryl methyl sites for hydroxylation is 1. The molecule has 3 rings (SSSR count). The molecule has 2 aliphatic rings. The lowest BCUT2D eigenvalue weighted by atomic mass is 9.86. The molecule has 0 amide bonds. The summed E-state index contributed by atoms with van der Waals surface area (Å²) in [6.45, 7) is 3.12. The van der Waals surface area contributed by atoms with Crippen LogP contribution in [0.5, 0.6) is 0 Å². The molecule has 19 heavy (non-hydrogen) atoms. The van der Waals surface area contributed by atoms with E-state index in [1.165, 1.54) is 24.8 Å². The topological polar surface area (TPSA) is 40.5 Å². The van der Waals surface area contributed by atoms with Crippen molar-refractivity contribution in [1.82, 2.24) is 4.90 Å². The van der Waals surface area contributed by atoms with E-state index in [4.69, 9.17) is 5.11 Å². The van der Waals surface area contributed by atoms with Crippen LogP contribution < -0.4 is 0 Å². The van der Waals surface area contributed by atoms with E-state index in [0.29, 0.717) is 12.1 Å². The Labute approximate surface area is 118 Å². The Bertz CT molecular complexity index is 470. The molecule has 4 heteroatoms. The Morgan fingerprint density at radius 3 is 3.05 bits per heavy atom. The Morgan fingerprint density at radius 1 is 1.47 bits per heavy atom. The summed E-state index contributed by atoms with van der Waals surface area (Å²) in [5, 5.41) is 11.4. The van der Waals surface area contributed by atoms with Gasteiger partial charge >= 0.3 is 5.97 Å². The van der Waals surface area contributed by atoms with Crippen LogP contribution >= 0.6 is 11.3 Å². The van der Waals surface area contributed by atoms with Gasteiger partial charge in [-0.05, 0) is 62.6 Å². The lowest BCUT2D eigenvalue weighted by Crippen LogP contribution is -2.45. The fourth-order valence-electron chi connectivity index (χ4n) is 3.68. The van der Waals surface area contributed by atoms with Crippen molar-refractivity contribution in [2.24, 2.45) is 5.92 Å². The van der Waals surface area contributed by atoms with Crippen LogP contribution in [0.4, 0.5) is 0 Å². The van der Waals surface area contributed by atoms with E-state index < -0.39 is 5.97 Å². The van der Waals surface area contributed by atoms with E-state index in [1.807, 2.05) is 11.3 Å². The number of likely N-dealkylation sites (tertiary alicyclic amines) is 1. The maximum Gasteiger partial charge on any atom is 0.306 e. The minimum Gasteiger partial charge on any atom is -0.481 e. The second kappa shape index (κ2) is 5.25. The number of piperidine rings is 1. The summed E-state index contributed by atoms with van der Waals surface area (Å²) in [5.41, 5.74) is 1.51. The van der Waals surface area contributed by atoms with E-state index in [-0.39, 0.29) is 5.92 Å². The maximum atomic E-state index is 11.1. The lowest BCUT2D eigenvalue weighted by Gasteiger charge is -2.43. The predicted octanol–water partition coefficient (Wildman–Crippen LogP) is 3.31. The molecule has 0 saturated carbocycles. The number of rotatable bonds is 2. The molecular weight excluding hydrogens is 258 g/mol. The van der Waals surface area contributed by atoms with Gasteiger partial charge in [-0.15, -0.1) is 11.3 Å². The molecule has 0 radical (unpaired) electrons. The van der Waals surface area contributed by atoms with E-state index in [2.05, 4.69) is 23.3 Å². The van der Waals surface area contributed by atoms with E-state index in [0.717, 1.165) is 19.4 Å². The molecule has 0 bridgehead atoms. The van der Waals surface area contributed by atoms with E-state index in [9.17, 15) is 4.79 Å². The van der Waals surface area contributed by atoms with E-state index >= 15 is 0 Å². The predicted molar refractivity (Wildman–Crippen MR) is 76.5 cm³/mol. The number of hydrogen-bond acceptors (Lipinski definition) is 3. The van der Waals surface area contributed by atoms with Gasteiger partial charge in [-0.2, -0.15) is 0 Å². The molecule has 3 atom stereocenters. The lowest BCUT2D eigenvalue weighted by molar-refractivity contribution is -0.144. The second-order valence-electron chi connectivity index (χ2n) is 5.85. The molecule has 1 aliphatic heterocycles. The van der Waals surface area contributed by atoms with Gasteiger partial charge in [0, 0.05) is 17.0 Å². The van der Waals surface area contributed by atoms with Crippen molar-refractivity contribution in [3.8, 4) is 0 Å². The van der Waals surface area contributed by atoms with Crippen molar-refractivity contribution in [3.63, 3.8) is 0 Å². The number of carbonyl (C=O) groups is 1. The quantitative estimate of drug-likeness (QED) is 0.903. The van der Waals surface area contributed by atoms with Crippen LogP contribution in [0.2, 0.25) is 0 Å². The second-order valence-corrected chi connectivity index (χ2v) is 6.85. The van der Waals surface area contributed by atoms with Crippen LogP contribution in [-0.4, -0.2) is 28.6 Å². The minimum absolute atomic E-state index is 0.142. The van der Waals surface area contributed by atoms with Crippen LogP contribution in [0.3, 0.4) is 0 Å². The van der Waals surface area contributed by atoms with Gasteiger partial charge in [0.05, 0.1) is 5.92 Å². The van der Waals surface area contributed by atoms with Gasteiger partial charge in [0.2, 0.25) is 0 Å². The standard InChI is InChI=1S/C15H21NO2S/c1-10-9-11(15(17)18)5-7-16(10)13-3-2-4-14-12(13)6-8-19-14/h6,8,10-11,13H,2-5,7,9H2,1H3,(H,17,18).